The highest BCUT2D eigenvalue weighted by molar-refractivity contribution is 6.15. The summed E-state index contributed by atoms with van der Waals surface area (Å²) in [6, 6.07) is 12.4. The maximum absolute atomic E-state index is 13.0. The summed E-state index contributed by atoms with van der Waals surface area (Å²) in [5, 5.41) is 0. The third-order valence-corrected chi connectivity index (χ3v) is 7.50. The van der Waals surface area contributed by atoms with Crippen LogP contribution in [0.3, 0.4) is 0 Å². The summed E-state index contributed by atoms with van der Waals surface area (Å²) in [5.74, 6) is 1.33. The molecule has 5 nitrogen and oxygen atoms in total. The Hall–Kier alpha value is -2.79. The van der Waals surface area contributed by atoms with Gasteiger partial charge in [-0.3, -0.25) is 4.79 Å². The van der Waals surface area contributed by atoms with Crippen LogP contribution in [0.5, 0.6) is 11.5 Å². The van der Waals surface area contributed by atoms with E-state index in [-0.39, 0.29) is 5.78 Å². The number of unbranched alkanes of at least 4 members (excludes halogenated alkanes) is 3. The van der Waals surface area contributed by atoms with Gasteiger partial charge in [-0.05, 0) is 54.3 Å². The molecule has 1 aliphatic carbocycles. The normalized spacial score (nSPS) is 18.3. The monoisotopic (exact) mass is 463 g/mol. The molecule has 5 heteroatoms. The number of likely N-dealkylation sites (N-methyl/N-ethyl adjacent to an activating group) is 1. The Morgan fingerprint density at radius 3 is 2.29 bits per heavy atom. The average Bonchev–Trinajstić information content (AvgIpc) is 3.16. The Kier molecular flexibility index (Phi) is 7.62. The van der Waals surface area contributed by atoms with E-state index in [4.69, 9.17) is 9.47 Å². The number of nitrogens with zero attached hydrogens (tertiary/aromatic N) is 2. The van der Waals surface area contributed by atoms with E-state index in [1.165, 1.54) is 55.5 Å². The largest absolute Gasteiger partial charge is 0.493 e. The molecular weight excluding hydrogens is 424 g/mol. The molecule has 0 N–H and O–H groups in total. The second kappa shape index (κ2) is 10.6. The standard InChI is InChI=1S/C29H39N2O3/c1-5-6-7-8-15-31(2)16-13-30(14-17-31)25-11-9-22(10-12-25)18-24-19-23-20-27(33-3)28(34-4)21-26(23)29(24)32/h9-12,18,20-21H,5-8,13-17,19H2,1-4H3/q+1. The van der Waals surface area contributed by atoms with Gasteiger partial charge in [-0.1, -0.05) is 31.9 Å². The number of quaternary nitrogens is 1. The zero-order valence-electron chi connectivity index (χ0n) is 21.2. The van der Waals surface area contributed by atoms with E-state index in [0.717, 1.165) is 29.8 Å². The number of rotatable bonds is 9. The Morgan fingerprint density at radius 2 is 1.65 bits per heavy atom. The molecule has 1 fully saturated rings. The first-order valence-electron chi connectivity index (χ1n) is 12.6. The fourth-order valence-corrected chi connectivity index (χ4v) is 5.19. The van der Waals surface area contributed by atoms with Crippen LogP contribution < -0.4 is 14.4 Å². The van der Waals surface area contributed by atoms with Crippen LogP contribution in [0.4, 0.5) is 5.69 Å². The molecule has 34 heavy (non-hydrogen) atoms. The van der Waals surface area contributed by atoms with Crippen molar-refractivity contribution < 1.29 is 18.8 Å². The Labute approximate surface area is 204 Å². The molecule has 1 aliphatic heterocycles. The molecule has 2 aromatic carbocycles. The van der Waals surface area contributed by atoms with Crippen molar-refractivity contribution in [3.05, 3.63) is 58.7 Å². The van der Waals surface area contributed by atoms with Gasteiger partial charge in [-0.15, -0.1) is 0 Å². The van der Waals surface area contributed by atoms with E-state index in [2.05, 4.69) is 43.1 Å². The number of piperazine rings is 1. The summed E-state index contributed by atoms with van der Waals surface area (Å²) in [4.78, 5) is 15.5. The van der Waals surface area contributed by atoms with E-state index in [1.807, 2.05) is 12.1 Å². The number of ketones is 1. The van der Waals surface area contributed by atoms with Gasteiger partial charge < -0.3 is 18.9 Å². The molecule has 0 saturated carbocycles. The average molecular weight is 464 g/mol. The Bertz CT molecular complexity index is 1030. The minimum Gasteiger partial charge on any atom is -0.493 e. The van der Waals surface area contributed by atoms with Gasteiger partial charge in [-0.2, -0.15) is 0 Å². The number of hydrogen-bond donors (Lipinski definition) is 0. The Balaban J connectivity index is 1.38. The summed E-state index contributed by atoms with van der Waals surface area (Å²) in [6.45, 7) is 8.18. The van der Waals surface area contributed by atoms with Crippen LogP contribution in [-0.4, -0.2) is 64.3 Å². The van der Waals surface area contributed by atoms with Crippen molar-refractivity contribution in [2.24, 2.45) is 0 Å². The second-order valence-electron chi connectivity index (χ2n) is 9.97. The SMILES string of the molecule is CCCCCC[N+]1(C)CCN(c2ccc(C=C3Cc4cc(OC)c(OC)cc4C3=O)cc2)CC1. The van der Waals surface area contributed by atoms with E-state index < -0.39 is 0 Å². The van der Waals surface area contributed by atoms with E-state index in [9.17, 15) is 4.79 Å². The predicted molar refractivity (Wildman–Crippen MR) is 139 cm³/mol. The molecule has 0 bridgehead atoms. The highest BCUT2D eigenvalue weighted by atomic mass is 16.5. The highest BCUT2D eigenvalue weighted by Crippen LogP contribution is 2.37. The van der Waals surface area contributed by atoms with E-state index in [1.54, 1.807) is 20.3 Å². The van der Waals surface area contributed by atoms with Gasteiger partial charge >= 0.3 is 0 Å². The minimum atomic E-state index is 0.0760. The van der Waals surface area contributed by atoms with Crippen molar-refractivity contribution in [1.82, 2.24) is 0 Å². The summed E-state index contributed by atoms with van der Waals surface area (Å²) in [7, 11) is 5.63. The maximum Gasteiger partial charge on any atom is 0.189 e. The lowest BCUT2D eigenvalue weighted by Crippen LogP contribution is -2.57. The van der Waals surface area contributed by atoms with Gasteiger partial charge in [0.2, 0.25) is 0 Å². The van der Waals surface area contributed by atoms with Crippen molar-refractivity contribution in [2.45, 2.75) is 39.0 Å². The van der Waals surface area contributed by atoms with Crippen molar-refractivity contribution in [3.8, 4) is 11.5 Å². The zero-order chi connectivity index (χ0) is 24.1. The number of carbonyl (C=O) groups is 1. The van der Waals surface area contributed by atoms with Gasteiger partial charge in [0, 0.05) is 23.2 Å². The molecule has 2 aromatic rings. The van der Waals surface area contributed by atoms with Crippen LogP contribution in [0.15, 0.2) is 42.0 Å². The van der Waals surface area contributed by atoms with E-state index >= 15 is 0 Å². The predicted octanol–water partition coefficient (Wildman–Crippen LogP) is 5.37. The number of hydrogen-bond acceptors (Lipinski definition) is 4. The maximum atomic E-state index is 13.0. The smallest absolute Gasteiger partial charge is 0.189 e. The summed E-state index contributed by atoms with van der Waals surface area (Å²) < 4.78 is 12.0. The van der Waals surface area contributed by atoms with Gasteiger partial charge in [0.25, 0.3) is 0 Å². The Morgan fingerprint density at radius 1 is 0.971 bits per heavy atom. The number of Topliss-reactive ketones (excluding diaryl/α,β-unsaturated/α-hetero) is 1. The quantitative estimate of drug-likeness (QED) is 0.285. The summed E-state index contributed by atoms with van der Waals surface area (Å²) in [6.07, 6.45) is 8.00. The minimum absolute atomic E-state index is 0.0760. The molecule has 0 unspecified atom stereocenters. The molecule has 1 saturated heterocycles. The van der Waals surface area contributed by atoms with Crippen LogP contribution in [0.25, 0.3) is 6.08 Å². The second-order valence-corrected chi connectivity index (χ2v) is 9.97. The third-order valence-electron chi connectivity index (χ3n) is 7.50. The van der Waals surface area contributed by atoms with Crippen LogP contribution in [0.1, 0.15) is 54.1 Å². The highest BCUT2D eigenvalue weighted by Gasteiger charge is 2.29. The van der Waals surface area contributed by atoms with Crippen molar-refractivity contribution >= 4 is 17.5 Å². The van der Waals surface area contributed by atoms with Crippen molar-refractivity contribution in [2.75, 3.05) is 58.9 Å². The number of fused-ring (bicyclic) bond motifs is 1. The molecule has 2 aliphatic rings. The first-order valence-corrected chi connectivity index (χ1v) is 12.6. The number of methoxy groups -OCH3 is 2. The fourth-order valence-electron chi connectivity index (χ4n) is 5.19. The first kappa shape index (κ1) is 24.3. The third kappa shape index (κ3) is 5.30. The topological polar surface area (TPSA) is 38.8 Å². The van der Waals surface area contributed by atoms with Gasteiger partial charge in [0.1, 0.15) is 0 Å². The molecule has 4 rings (SSSR count). The molecule has 182 valence electrons. The number of benzene rings is 2. The molecular formula is C29H39N2O3+. The van der Waals surface area contributed by atoms with Gasteiger partial charge in [-0.25, -0.2) is 0 Å². The van der Waals surface area contributed by atoms with Crippen LogP contribution in [0.2, 0.25) is 0 Å². The lowest BCUT2D eigenvalue weighted by atomic mass is 10.1. The molecule has 0 amide bonds. The molecule has 0 spiro atoms. The lowest BCUT2D eigenvalue weighted by molar-refractivity contribution is -0.910. The number of carbonyl (C=O) groups excluding carboxylic acids is 1. The fraction of sp³-hybridized carbons (Fsp3) is 0.483. The number of anilines is 1. The molecule has 0 aromatic heterocycles. The summed E-state index contributed by atoms with van der Waals surface area (Å²) >= 11 is 0. The molecule has 0 atom stereocenters. The van der Waals surface area contributed by atoms with Crippen LogP contribution >= 0.6 is 0 Å². The van der Waals surface area contributed by atoms with Gasteiger partial charge in [0.15, 0.2) is 17.3 Å². The van der Waals surface area contributed by atoms with E-state index in [0.29, 0.717) is 23.5 Å². The number of allylic oxidation sites excluding steroid dienone is 1. The lowest BCUT2D eigenvalue weighted by Gasteiger charge is -2.43. The first-order chi connectivity index (χ1) is 16.5. The number of ether oxygens (including phenoxy) is 2. The van der Waals surface area contributed by atoms with Crippen LogP contribution in [0, 0.1) is 0 Å². The van der Waals surface area contributed by atoms with Crippen LogP contribution in [-0.2, 0) is 6.42 Å². The molecule has 0 radical (unpaired) electrons. The van der Waals surface area contributed by atoms with Gasteiger partial charge in [0.05, 0.1) is 54.0 Å². The zero-order valence-corrected chi connectivity index (χ0v) is 21.2. The summed E-state index contributed by atoms with van der Waals surface area (Å²) in [5.41, 5.74) is 4.86. The molecule has 1 heterocycles. The van der Waals surface area contributed by atoms with Crippen molar-refractivity contribution in [3.63, 3.8) is 0 Å². The van der Waals surface area contributed by atoms with Crippen molar-refractivity contribution in [1.29, 1.82) is 0 Å².